The quantitative estimate of drug-likeness (QED) is 0.606. The zero-order chi connectivity index (χ0) is 9.26. The minimum absolute atomic E-state index is 0.395. The molecule has 0 bridgehead atoms. The summed E-state index contributed by atoms with van der Waals surface area (Å²) in [6.45, 7) is 0.395. The van der Waals surface area contributed by atoms with Crippen LogP contribution >= 0.6 is 0 Å². The third kappa shape index (κ3) is 1.38. The molecule has 0 saturated carbocycles. The van der Waals surface area contributed by atoms with Crippen molar-refractivity contribution in [3.05, 3.63) is 35.7 Å². The average molecular weight is 176 g/mol. The van der Waals surface area contributed by atoms with Gasteiger partial charge in [0.15, 0.2) is 0 Å². The molecule has 2 rings (SSSR count). The van der Waals surface area contributed by atoms with Gasteiger partial charge in [0, 0.05) is 12.4 Å². The highest BCUT2D eigenvalue weighted by Gasteiger charge is 2.17. The molecule has 0 aromatic carbocycles. The third-order valence-electron chi connectivity index (χ3n) is 1.92. The van der Waals surface area contributed by atoms with Crippen molar-refractivity contribution in [2.75, 3.05) is 6.54 Å². The van der Waals surface area contributed by atoms with Crippen LogP contribution in [-0.2, 0) is 0 Å². The predicted molar refractivity (Wildman–Crippen MR) is 48.5 cm³/mol. The van der Waals surface area contributed by atoms with E-state index >= 15 is 0 Å². The van der Waals surface area contributed by atoms with Crippen molar-refractivity contribution in [1.82, 2.24) is 4.90 Å². The Labute approximate surface area is 75.2 Å². The topological polar surface area (TPSA) is 52.9 Å². The Morgan fingerprint density at radius 1 is 1.54 bits per heavy atom. The Kier molecular flexibility index (Phi) is 1.73. The number of allylic oxidation sites excluding steroid dienone is 2. The number of hydrogen-bond donors (Lipinski definition) is 1. The van der Waals surface area contributed by atoms with Gasteiger partial charge in [0.2, 0.25) is 0 Å². The summed E-state index contributed by atoms with van der Waals surface area (Å²) < 4.78 is 0. The fourth-order valence-electron chi connectivity index (χ4n) is 1.26. The lowest BCUT2D eigenvalue weighted by Crippen LogP contribution is -2.21. The van der Waals surface area contributed by atoms with E-state index in [1.165, 1.54) is 4.90 Å². The molecule has 0 unspecified atom stereocenters. The minimum Gasteiger partial charge on any atom is -0.465 e. The fourth-order valence-corrected chi connectivity index (χ4v) is 1.26. The molecule has 4 heteroatoms. The summed E-state index contributed by atoms with van der Waals surface area (Å²) in [4.78, 5) is 15.9. The van der Waals surface area contributed by atoms with E-state index in [9.17, 15) is 4.79 Å². The van der Waals surface area contributed by atoms with Gasteiger partial charge in [-0.1, -0.05) is 0 Å². The van der Waals surface area contributed by atoms with Crippen molar-refractivity contribution in [3.63, 3.8) is 0 Å². The molecule has 2 aliphatic rings. The minimum atomic E-state index is -0.933. The molecule has 0 aromatic heterocycles. The van der Waals surface area contributed by atoms with E-state index in [1.807, 2.05) is 12.2 Å². The zero-order valence-corrected chi connectivity index (χ0v) is 6.84. The summed E-state index contributed by atoms with van der Waals surface area (Å²) in [5, 5.41) is 8.67. The third-order valence-corrected chi connectivity index (χ3v) is 1.92. The largest absolute Gasteiger partial charge is 0.465 e. The first-order chi connectivity index (χ1) is 6.27. The van der Waals surface area contributed by atoms with Gasteiger partial charge in [-0.3, -0.25) is 9.89 Å². The molecule has 0 aliphatic carbocycles. The highest BCUT2D eigenvalue weighted by Crippen LogP contribution is 2.19. The maximum atomic E-state index is 10.6. The lowest BCUT2D eigenvalue weighted by atomic mass is 10.2. The normalized spacial score (nSPS) is 24.8. The van der Waals surface area contributed by atoms with Crippen molar-refractivity contribution >= 4 is 12.3 Å². The Bertz CT molecular complexity index is 350. The number of hydrogen-bond acceptors (Lipinski definition) is 2. The number of rotatable bonds is 0. The number of carboxylic acid groups (broad SMARTS) is 1. The van der Waals surface area contributed by atoms with Crippen LogP contribution < -0.4 is 0 Å². The number of aliphatic imine (C=N–C) groups is 1. The van der Waals surface area contributed by atoms with Gasteiger partial charge in [-0.15, -0.1) is 0 Å². The van der Waals surface area contributed by atoms with E-state index < -0.39 is 6.09 Å². The molecule has 4 nitrogen and oxygen atoms in total. The molecule has 13 heavy (non-hydrogen) atoms. The van der Waals surface area contributed by atoms with Crippen molar-refractivity contribution in [2.24, 2.45) is 4.99 Å². The van der Waals surface area contributed by atoms with Gasteiger partial charge in [-0.25, -0.2) is 4.79 Å². The van der Waals surface area contributed by atoms with Gasteiger partial charge in [0.25, 0.3) is 0 Å². The molecule has 0 saturated heterocycles. The van der Waals surface area contributed by atoms with Crippen LogP contribution in [-0.4, -0.2) is 28.9 Å². The number of nitrogens with zero attached hydrogens (tertiary/aromatic N) is 2. The van der Waals surface area contributed by atoms with Crippen LogP contribution in [0.2, 0.25) is 0 Å². The lowest BCUT2D eigenvalue weighted by molar-refractivity contribution is 0.167. The molecule has 2 heterocycles. The fraction of sp³-hybridized carbons (Fsp3) is 0.111. The monoisotopic (exact) mass is 176 g/mol. The Hall–Kier alpha value is -1.84. The van der Waals surface area contributed by atoms with Gasteiger partial charge in [-0.2, -0.15) is 0 Å². The molecule has 0 radical (unpaired) electrons. The Morgan fingerprint density at radius 2 is 2.38 bits per heavy atom. The Morgan fingerprint density at radius 3 is 2.92 bits per heavy atom. The molecular weight excluding hydrogens is 168 g/mol. The molecule has 1 N–H and O–H groups in total. The highest BCUT2D eigenvalue weighted by molar-refractivity contribution is 5.78. The maximum absolute atomic E-state index is 10.6. The van der Waals surface area contributed by atoms with Gasteiger partial charge >= 0.3 is 6.09 Å². The van der Waals surface area contributed by atoms with Crippen molar-refractivity contribution in [2.45, 2.75) is 0 Å². The molecule has 0 spiro atoms. The highest BCUT2D eigenvalue weighted by atomic mass is 16.4. The van der Waals surface area contributed by atoms with Gasteiger partial charge in [0.05, 0.1) is 12.2 Å². The molecule has 0 atom stereocenters. The summed E-state index contributed by atoms with van der Waals surface area (Å²) in [7, 11) is 0. The second-order valence-corrected chi connectivity index (χ2v) is 2.77. The summed E-state index contributed by atoms with van der Waals surface area (Å²) in [6.07, 6.45) is 7.78. The van der Waals surface area contributed by atoms with Gasteiger partial charge in [0.1, 0.15) is 0 Å². The maximum Gasteiger partial charge on any atom is 0.411 e. The van der Waals surface area contributed by atoms with Crippen LogP contribution in [0.1, 0.15) is 0 Å². The molecule has 2 aliphatic heterocycles. The second kappa shape index (κ2) is 2.90. The summed E-state index contributed by atoms with van der Waals surface area (Å²) in [6, 6.07) is 0. The van der Waals surface area contributed by atoms with Crippen LogP contribution in [0.4, 0.5) is 4.79 Å². The molecule has 1 amide bonds. The first-order valence-electron chi connectivity index (χ1n) is 3.89. The second-order valence-electron chi connectivity index (χ2n) is 2.77. The van der Waals surface area contributed by atoms with E-state index in [2.05, 4.69) is 4.99 Å². The van der Waals surface area contributed by atoms with E-state index in [1.54, 1.807) is 18.5 Å². The molecular formula is C9H8N2O2. The van der Waals surface area contributed by atoms with E-state index in [-0.39, 0.29) is 0 Å². The first-order valence-corrected chi connectivity index (χ1v) is 3.89. The molecule has 0 aromatic rings. The van der Waals surface area contributed by atoms with Crippen LogP contribution in [0, 0.1) is 0 Å². The van der Waals surface area contributed by atoms with E-state index in [4.69, 9.17) is 5.11 Å². The summed E-state index contributed by atoms with van der Waals surface area (Å²) in [5.41, 5.74) is 1.78. The number of carbonyl (C=O) groups is 1. The molecule has 0 fully saturated rings. The lowest BCUT2D eigenvalue weighted by Gasteiger charge is -2.07. The van der Waals surface area contributed by atoms with Crippen LogP contribution in [0.15, 0.2) is 40.7 Å². The molecule has 66 valence electrons. The Balaban J connectivity index is 2.20. The van der Waals surface area contributed by atoms with Crippen molar-refractivity contribution in [1.29, 1.82) is 0 Å². The van der Waals surface area contributed by atoms with Crippen LogP contribution in [0.3, 0.4) is 0 Å². The average Bonchev–Trinajstić information content (AvgIpc) is 2.75. The summed E-state index contributed by atoms with van der Waals surface area (Å²) >= 11 is 0. The predicted octanol–water partition coefficient (Wildman–Crippen LogP) is 1.39. The standard InChI is InChI=1S/C9H8N2O2/c12-9(13)11-5-3-7(6-11)8-2-1-4-10-8/h1-5H,6H2,(H,12,13). The van der Waals surface area contributed by atoms with E-state index in [0.717, 1.165) is 11.3 Å². The van der Waals surface area contributed by atoms with Crippen molar-refractivity contribution < 1.29 is 9.90 Å². The smallest absolute Gasteiger partial charge is 0.411 e. The SMILES string of the molecule is O=C(O)N1C=CC(=C2C=CC=N2)C1. The van der Waals surface area contributed by atoms with E-state index in [0.29, 0.717) is 6.54 Å². The summed E-state index contributed by atoms with van der Waals surface area (Å²) in [5.74, 6) is 0. The van der Waals surface area contributed by atoms with Crippen molar-refractivity contribution in [3.8, 4) is 0 Å². The van der Waals surface area contributed by atoms with Gasteiger partial charge < -0.3 is 5.11 Å². The van der Waals surface area contributed by atoms with Gasteiger partial charge in [-0.05, 0) is 23.8 Å². The van der Waals surface area contributed by atoms with Crippen LogP contribution in [0.5, 0.6) is 0 Å². The number of amides is 1. The van der Waals surface area contributed by atoms with Crippen LogP contribution in [0.25, 0.3) is 0 Å². The zero-order valence-electron chi connectivity index (χ0n) is 6.84. The first kappa shape index (κ1) is 7.79.